The van der Waals surface area contributed by atoms with Crippen molar-refractivity contribution in [3.63, 3.8) is 0 Å². The molecule has 0 aromatic heterocycles. The minimum atomic E-state index is -0.253. The molecule has 0 bridgehead atoms. The van der Waals surface area contributed by atoms with E-state index in [2.05, 4.69) is 63.2 Å². The molecule has 2 aromatic carbocycles. The highest BCUT2D eigenvalue weighted by Gasteiger charge is 2.12. The maximum Gasteiger partial charge on any atom is 0.302 e. The zero-order valence-corrected chi connectivity index (χ0v) is 15.0. The molecule has 2 nitrogen and oxygen atoms in total. The summed E-state index contributed by atoms with van der Waals surface area (Å²) in [5.41, 5.74) is 4.87. The van der Waals surface area contributed by atoms with Crippen molar-refractivity contribution >= 4 is 12.0 Å². The summed E-state index contributed by atoms with van der Waals surface area (Å²) in [6, 6.07) is 18.8. The first-order valence-corrected chi connectivity index (χ1v) is 8.32. The van der Waals surface area contributed by atoms with Crippen LogP contribution in [0.4, 0.5) is 0 Å². The number of rotatable bonds is 5. The zero-order chi connectivity index (χ0) is 17.6. The van der Waals surface area contributed by atoms with Gasteiger partial charge in [0.1, 0.15) is 6.61 Å². The molecule has 0 aliphatic carbocycles. The summed E-state index contributed by atoms with van der Waals surface area (Å²) in [5, 5.41) is 0. The second-order valence-electron chi connectivity index (χ2n) is 7.12. The number of benzene rings is 2. The molecule has 0 aliphatic rings. The molecule has 0 saturated carbocycles. The van der Waals surface area contributed by atoms with Gasteiger partial charge in [-0.25, -0.2) is 0 Å². The van der Waals surface area contributed by atoms with E-state index >= 15 is 0 Å². The quantitative estimate of drug-likeness (QED) is 0.710. The molecule has 0 saturated heterocycles. The normalized spacial score (nSPS) is 12.1. The Morgan fingerprint density at radius 3 is 2.17 bits per heavy atom. The lowest BCUT2D eigenvalue weighted by Gasteiger charge is -2.19. The third-order valence-electron chi connectivity index (χ3n) is 3.88. The molecule has 126 valence electrons. The SMILES string of the molecule is CC(=O)OC/C(=C\c1ccc(C(C)(C)C)cc1)Cc1ccccc1. The van der Waals surface area contributed by atoms with E-state index < -0.39 is 0 Å². The summed E-state index contributed by atoms with van der Waals surface area (Å²) in [4.78, 5) is 11.2. The van der Waals surface area contributed by atoms with Crippen molar-refractivity contribution in [2.45, 2.75) is 39.5 Å². The highest BCUT2D eigenvalue weighted by atomic mass is 16.5. The Bertz CT molecular complexity index is 689. The van der Waals surface area contributed by atoms with E-state index in [1.165, 1.54) is 18.1 Å². The Kier molecular flexibility index (Phi) is 5.97. The highest BCUT2D eigenvalue weighted by Crippen LogP contribution is 2.23. The van der Waals surface area contributed by atoms with Gasteiger partial charge < -0.3 is 4.74 Å². The van der Waals surface area contributed by atoms with Gasteiger partial charge in [0.25, 0.3) is 0 Å². The van der Waals surface area contributed by atoms with E-state index in [0.717, 1.165) is 17.6 Å². The highest BCUT2D eigenvalue weighted by molar-refractivity contribution is 5.66. The molecule has 0 N–H and O–H groups in total. The molecule has 0 fully saturated rings. The van der Waals surface area contributed by atoms with Crippen LogP contribution in [0.2, 0.25) is 0 Å². The van der Waals surface area contributed by atoms with E-state index in [9.17, 15) is 4.79 Å². The Balaban J connectivity index is 2.21. The number of esters is 1. The lowest BCUT2D eigenvalue weighted by atomic mass is 9.86. The number of hydrogen-bond acceptors (Lipinski definition) is 2. The Labute approximate surface area is 145 Å². The van der Waals surface area contributed by atoms with Crippen LogP contribution in [0.3, 0.4) is 0 Å². The van der Waals surface area contributed by atoms with Crippen LogP contribution < -0.4 is 0 Å². The maximum atomic E-state index is 11.2. The molecule has 0 radical (unpaired) electrons. The second kappa shape index (κ2) is 7.96. The minimum absolute atomic E-state index is 0.146. The van der Waals surface area contributed by atoms with Gasteiger partial charge in [-0.3, -0.25) is 4.79 Å². The third-order valence-corrected chi connectivity index (χ3v) is 3.88. The monoisotopic (exact) mass is 322 g/mol. The molecule has 0 spiro atoms. The largest absolute Gasteiger partial charge is 0.461 e. The molecular formula is C22H26O2. The maximum absolute atomic E-state index is 11.2. The first kappa shape index (κ1) is 18.0. The molecule has 2 aromatic rings. The standard InChI is InChI=1S/C22H26O2/c1-17(23)24-16-20(14-18-8-6-5-7-9-18)15-19-10-12-21(13-11-19)22(2,3)4/h5-13,15H,14,16H2,1-4H3/b20-15-. The average Bonchev–Trinajstić information content (AvgIpc) is 2.53. The molecule has 0 aliphatic heterocycles. The Morgan fingerprint density at radius 2 is 1.62 bits per heavy atom. The molecule has 0 atom stereocenters. The summed E-state index contributed by atoms with van der Waals surface area (Å²) < 4.78 is 5.22. The van der Waals surface area contributed by atoms with Gasteiger partial charge in [0.15, 0.2) is 0 Å². The predicted molar refractivity (Wildman–Crippen MR) is 99.9 cm³/mol. The van der Waals surface area contributed by atoms with Crippen molar-refractivity contribution in [3.05, 3.63) is 76.9 Å². The van der Waals surface area contributed by atoms with Crippen LogP contribution in [0.25, 0.3) is 6.08 Å². The predicted octanol–water partition coefficient (Wildman–Crippen LogP) is 5.17. The van der Waals surface area contributed by atoms with Gasteiger partial charge in [-0.2, -0.15) is 0 Å². The second-order valence-corrected chi connectivity index (χ2v) is 7.12. The Hall–Kier alpha value is -2.35. The van der Waals surface area contributed by atoms with Gasteiger partial charge in [0.05, 0.1) is 0 Å². The van der Waals surface area contributed by atoms with Crippen molar-refractivity contribution in [2.24, 2.45) is 0 Å². The van der Waals surface area contributed by atoms with Crippen molar-refractivity contribution in [1.29, 1.82) is 0 Å². The molecule has 2 rings (SSSR count). The van der Waals surface area contributed by atoms with E-state index in [0.29, 0.717) is 6.61 Å². The van der Waals surface area contributed by atoms with Gasteiger partial charge in [-0.1, -0.05) is 81.4 Å². The van der Waals surface area contributed by atoms with E-state index in [1.54, 1.807) is 0 Å². The van der Waals surface area contributed by atoms with Crippen LogP contribution in [0.5, 0.6) is 0 Å². The van der Waals surface area contributed by atoms with Gasteiger partial charge in [0, 0.05) is 6.92 Å². The summed E-state index contributed by atoms with van der Waals surface area (Å²) in [6.45, 7) is 8.39. The summed E-state index contributed by atoms with van der Waals surface area (Å²) >= 11 is 0. The minimum Gasteiger partial charge on any atom is -0.461 e. The fourth-order valence-corrected chi connectivity index (χ4v) is 2.51. The first-order valence-electron chi connectivity index (χ1n) is 8.32. The fourth-order valence-electron chi connectivity index (χ4n) is 2.51. The topological polar surface area (TPSA) is 26.3 Å². The van der Waals surface area contributed by atoms with Crippen LogP contribution >= 0.6 is 0 Å². The van der Waals surface area contributed by atoms with E-state index in [4.69, 9.17) is 4.74 Å². The molecule has 24 heavy (non-hydrogen) atoms. The van der Waals surface area contributed by atoms with Crippen molar-refractivity contribution in [2.75, 3.05) is 6.61 Å². The molecule has 0 heterocycles. The number of ether oxygens (including phenoxy) is 1. The van der Waals surface area contributed by atoms with Gasteiger partial charge in [0.2, 0.25) is 0 Å². The number of carbonyl (C=O) groups excluding carboxylic acids is 1. The van der Waals surface area contributed by atoms with Crippen LogP contribution in [0.1, 0.15) is 44.4 Å². The van der Waals surface area contributed by atoms with Crippen molar-refractivity contribution in [1.82, 2.24) is 0 Å². The van der Waals surface area contributed by atoms with Crippen LogP contribution in [0.15, 0.2) is 60.2 Å². The third kappa shape index (κ3) is 5.69. The van der Waals surface area contributed by atoms with E-state index in [1.807, 2.05) is 18.2 Å². The summed E-state index contributed by atoms with van der Waals surface area (Å²) in [5.74, 6) is -0.253. The lowest BCUT2D eigenvalue weighted by molar-refractivity contribution is -0.139. The van der Waals surface area contributed by atoms with Gasteiger partial charge >= 0.3 is 5.97 Å². The molecule has 0 amide bonds. The lowest BCUT2D eigenvalue weighted by Crippen LogP contribution is -2.10. The first-order chi connectivity index (χ1) is 11.3. The molecular weight excluding hydrogens is 296 g/mol. The Morgan fingerprint density at radius 1 is 1.00 bits per heavy atom. The van der Waals surface area contributed by atoms with Crippen molar-refractivity contribution in [3.8, 4) is 0 Å². The van der Waals surface area contributed by atoms with Gasteiger partial charge in [-0.15, -0.1) is 0 Å². The fraction of sp³-hybridized carbons (Fsp3) is 0.318. The number of carbonyl (C=O) groups is 1. The average molecular weight is 322 g/mol. The van der Waals surface area contributed by atoms with E-state index in [-0.39, 0.29) is 11.4 Å². The smallest absolute Gasteiger partial charge is 0.302 e. The molecule has 2 heteroatoms. The van der Waals surface area contributed by atoms with Crippen LogP contribution in [0, 0.1) is 0 Å². The zero-order valence-electron chi connectivity index (χ0n) is 15.0. The molecule has 0 unspecified atom stereocenters. The van der Waals surface area contributed by atoms with Gasteiger partial charge in [-0.05, 0) is 34.1 Å². The summed E-state index contributed by atoms with van der Waals surface area (Å²) in [6.07, 6.45) is 2.89. The van der Waals surface area contributed by atoms with Crippen LogP contribution in [-0.2, 0) is 21.4 Å². The number of hydrogen-bond donors (Lipinski definition) is 0. The van der Waals surface area contributed by atoms with Crippen molar-refractivity contribution < 1.29 is 9.53 Å². The van der Waals surface area contributed by atoms with Crippen LogP contribution in [-0.4, -0.2) is 12.6 Å². The summed E-state index contributed by atoms with van der Waals surface area (Å²) in [7, 11) is 0.